The molecule has 0 saturated carbocycles. The second-order valence-corrected chi connectivity index (χ2v) is 3.34. The molecule has 0 bridgehead atoms. The molecule has 2 heterocycles. The van der Waals surface area contributed by atoms with Crippen LogP contribution in [0.15, 0.2) is 0 Å². The molecule has 0 aromatic carbocycles. The van der Waals surface area contributed by atoms with Crippen LogP contribution in [0.4, 0.5) is 0 Å². The predicted octanol–water partition coefficient (Wildman–Crippen LogP) is 0.0280. The van der Waals surface area contributed by atoms with Crippen LogP contribution in [0.2, 0.25) is 0 Å². The zero-order chi connectivity index (χ0) is 8.60. The normalized spacial score (nSPS) is 33.8. The lowest BCUT2D eigenvalue weighted by molar-refractivity contribution is -0.187. The summed E-state index contributed by atoms with van der Waals surface area (Å²) in [4.78, 5) is 11.1. The first-order valence-corrected chi connectivity index (χ1v) is 4.33. The highest BCUT2D eigenvalue weighted by atomic mass is 16.8. The molecule has 2 fully saturated rings. The maximum absolute atomic E-state index is 11.1. The fraction of sp³-hybridized carbons (Fsp3) is 0.875. The van der Waals surface area contributed by atoms with Gasteiger partial charge in [0, 0.05) is 25.9 Å². The van der Waals surface area contributed by atoms with E-state index in [1.54, 1.807) is 6.92 Å². The van der Waals surface area contributed by atoms with Crippen LogP contribution in [0.1, 0.15) is 19.8 Å². The van der Waals surface area contributed by atoms with Gasteiger partial charge in [-0.15, -0.1) is 0 Å². The highest BCUT2D eigenvalue weighted by Gasteiger charge is 2.46. The summed E-state index contributed by atoms with van der Waals surface area (Å²) in [5.74, 6) is -0.821. The molecule has 2 aliphatic heterocycles. The number of carbonyl (C=O) groups excluding carboxylic acids is 1. The largest absolute Gasteiger partial charge is 0.431 e. The topological polar surface area (TPSA) is 47.6 Å². The van der Waals surface area contributed by atoms with Gasteiger partial charge in [0.2, 0.25) is 5.79 Å². The van der Waals surface area contributed by atoms with Crippen LogP contribution in [0, 0.1) is 0 Å². The van der Waals surface area contributed by atoms with Gasteiger partial charge in [-0.05, 0) is 6.92 Å². The van der Waals surface area contributed by atoms with Crippen molar-refractivity contribution in [3.8, 4) is 0 Å². The highest BCUT2D eigenvalue weighted by Crippen LogP contribution is 2.32. The second kappa shape index (κ2) is 2.71. The standard InChI is InChI=1S/C8H13NO3/c1-6-7(10)12-8(11-6)2-4-9-5-3-8/h6,9H,2-5H2,1H3. The smallest absolute Gasteiger partial charge is 0.337 e. The highest BCUT2D eigenvalue weighted by molar-refractivity contribution is 5.76. The fourth-order valence-electron chi connectivity index (χ4n) is 1.69. The summed E-state index contributed by atoms with van der Waals surface area (Å²) in [7, 11) is 0. The van der Waals surface area contributed by atoms with Crippen LogP contribution in [0.3, 0.4) is 0 Å². The SMILES string of the molecule is CC1OC2(CCNCC2)OC1=O. The van der Waals surface area contributed by atoms with Crippen molar-refractivity contribution in [2.45, 2.75) is 31.7 Å². The Balaban J connectivity index is 2.07. The molecule has 1 N–H and O–H groups in total. The molecule has 0 amide bonds. The minimum Gasteiger partial charge on any atom is -0.431 e. The first-order chi connectivity index (χ1) is 5.72. The molecule has 0 radical (unpaired) electrons. The van der Waals surface area contributed by atoms with Gasteiger partial charge in [0.05, 0.1) is 0 Å². The first-order valence-electron chi connectivity index (χ1n) is 4.33. The molecule has 0 aromatic heterocycles. The maximum atomic E-state index is 11.1. The molecule has 68 valence electrons. The lowest BCUT2D eigenvalue weighted by atomic mass is 10.1. The fourth-order valence-corrected chi connectivity index (χ4v) is 1.69. The molecule has 12 heavy (non-hydrogen) atoms. The third-order valence-corrected chi connectivity index (χ3v) is 2.38. The van der Waals surface area contributed by atoms with Gasteiger partial charge in [-0.1, -0.05) is 0 Å². The van der Waals surface area contributed by atoms with E-state index in [9.17, 15) is 4.79 Å². The zero-order valence-electron chi connectivity index (χ0n) is 7.13. The van der Waals surface area contributed by atoms with E-state index in [2.05, 4.69) is 5.32 Å². The molecule has 4 nitrogen and oxygen atoms in total. The van der Waals surface area contributed by atoms with Crippen molar-refractivity contribution >= 4 is 5.97 Å². The van der Waals surface area contributed by atoms with E-state index < -0.39 is 5.79 Å². The van der Waals surface area contributed by atoms with Crippen molar-refractivity contribution in [2.75, 3.05) is 13.1 Å². The third kappa shape index (κ3) is 1.21. The second-order valence-electron chi connectivity index (χ2n) is 3.34. The molecule has 1 unspecified atom stereocenters. The summed E-state index contributed by atoms with van der Waals surface area (Å²) >= 11 is 0. The summed E-state index contributed by atoms with van der Waals surface area (Å²) in [6.45, 7) is 3.46. The molecule has 2 saturated heterocycles. The third-order valence-electron chi connectivity index (χ3n) is 2.38. The van der Waals surface area contributed by atoms with Crippen LogP contribution in [-0.4, -0.2) is 30.9 Å². The lowest BCUT2D eigenvalue weighted by Crippen LogP contribution is -2.43. The van der Waals surface area contributed by atoms with Gasteiger partial charge in [-0.2, -0.15) is 0 Å². The number of hydrogen-bond acceptors (Lipinski definition) is 4. The number of rotatable bonds is 0. The van der Waals surface area contributed by atoms with E-state index in [-0.39, 0.29) is 12.1 Å². The van der Waals surface area contributed by atoms with Gasteiger partial charge in [0.25, 0.3) is 0 Å². The number of ether oxygens (including phenoxy) is 2. The first kappa shape index (κ1) is 8.01. The van der Waals surface area contributed by atoms with Crippen molar-refractivity contribution in [3.63, 3.8) is 0 Å². The average Bonchev–Trinajstić information content (AvgIpc) is 2.29. The summed E-state index contributed by atoms with van der Waals surface area (Å²) in [6, 6.07) is 0. The van der Waals surface area contributed by atoms with Crippen molar-refractivity contribution in [2.24, 2.45) is 0 Å². The molecule has 1 atom stereocenters. The molecule has 4 heteroatoms. The monoisotopic (exact) mass is 171 g/mol. The van der Waals surface area contributed by atoms with Gasteiger partial charge >= 0.3 is 5.97 Å². The van der Waals surface area contributed by atoms with Crippen molar-refractivity contribution in [1.29, 1.82) is 0 Å². The van der Waals surface area contributed by atoms with E-state index in [1.807, 2.05) is 0 Å². The van der Waals surface area contributed by atoms with Gasteiger partial charge in [0.15, 0.2) is 6.10 Å². The van der Waals surface area contributed by atoms with Crippen molar-refractivity contribution in [3.05, 3.63) is 0 Å². The Bertz CT molecular complexity index is 198. The molecule has 0 aromatic rings. The van der Waals surface area contributed by atoms with Crippen molar-refractivity contribution in [1.82, 2.24) is 5.32 Å². The van der Waals surface area contributed by atoms with Gasteiger partial charge in [-0.25, -0.2) is 4.79 Å². The van der Waals surface area contributed by atoms with Crippen molar-refractivity contribution < 1.29 is 14.3 Å². The summed E-state index contributed by atoms with van der Waals surface area (Å²) < 4.78 is 10.7. The van der Waals surface area contributed by atoms with Crippen LogP contribution in [0.25, 0.3) is 0 Å². The molecular weight excluding hydrogens is 158 g/mol. The van der Waals surface area contributed by atoms with E-state index in [0.29, 0.717) is 0 Å². The Labute approximate surface area is 71.2 Å². The Morgan fingerprint density at radius 1 is 1.50 bits per heavy atom. The zero-order valence-corrected chi connectivity index (χ0v) is 7.13. The number of carbonyl (C=O) groups is 1. The summed E-state index contributed by atoms with van der Waals surface area (Å²) in [5, 5.41) is 3.19. The van der Waals surface area contributed by atoms with E-state index in [1.165, 1.54) is 0 Å². The van der Waals surface area contributed by atoms with E-state index in [0.717, 1.165) is 25.9 Å². The molecule has 2 aliphatic rings. The quantitative estimate of drug-likeness (QED) is 0.522. The Hall–Kier alpha value is -0.610. The number of piperidine rings is 1. The van der Waals surface area contributed by atoms with Crippen LogP contribution >= 0.6 is 0 Å². The van der Waals surface area contributed by atoms with Gasteiger partial charge < -0.3 is 14.8 Å². The Morgan fingerprint density at radius 2 is 2.17 bits per heavy atom. The minimum absolute atomic E-state index is 0.225. The average molecular weight is 171 g/mol. The predicted molar refractivity (Wildman–Crippen MR) is 41.5 cm³/mol. The van der Waals surface area contributed by atoms with Gasteiger partial charge in [-0.3, -0.25) is 0 Å². The number of hydrogen-bond donors (Lipinski definition) is 1. The number of esters is 1. The molecule has 0 aliphatic carbocycles. The maximum Gasteiger partial charge on any atom is 0.337 e. The van der Waals surface area contributed by atoms with Crippen LogP contribution in [-0.2, 0) is 14.3 Å². The number of nitrogens with one attached hydrogen (secondary N) is 1. The Morgan fingerprint density at radius 3 is 2.67 bits per heavy atom. The van der Waals surface area contributed by atoms with Crippen LogP contribution in [0.5, 0.6) is 0 Å². The van der Waals surface area contributed by atoms with Gasteiger partial charge in [0.1, 0.15) is 0 Å². The lowest BCUT2D eigenvalue weighted by Gasteiger charge is -2.30. The molecule has 2 rings (SSSR count). The van der Waals surface area contributed by atoms with Crippen LogP contribution < -0.4 is 5.32 Å². The minimum atomic E-state index is -0.595. The summed E-state index contributed by atoms with van der Waals surface area (Å²) in [5.41, 5.74) is 0. The summed E-state index contributed by atoms with van der Waals surface area (Å²) in [6.07, 6.45) is 1.15. The molecular formula is C8H13NO3. The van der Waals surface area contributed by atoms with E-state index >= 15 is 0 Å². The van der Waals surface area contributed by atoms with E-state index in [4.69, 9.17) is 9.47 Å². The molecule has 1 spiro atoms. The Kier molecular flexibility index (Phi) is 1.81.